The minimum Gasteiger partial charge on any atom is -0.452 e. The van der Waals surface area contributed by atoms with Crippen molar-refractivity contribution in [2.24, 2.45) is 0 Å². The molecule has 0 radical (unpaired) electrons. The number of hydrogen-bond acceptors (Lipinski definition) is 3. The van der Waals surface area contributed by atoms with Crippen LogP contribution in [0.3, 0.4) is 0 Å². The molecule has 1 amide bonds. The van der Waals surface area contributed by atoms with Crippen molar-refractivity contribution in [2.75, 3.05) is 11.9 Å². The zero-order valence-corrected chi connectivity index (χ0v) is 13.6. The number of esters is 1. The molecule has 0 saturated heterocycles. The molecule has 25 heavy (non-hydrogen) atoms. The summed E-state index contributed by atoms with van der Waals surface area (Å²) in [7, 11) is 0. The lowest BCUT2D eigenvalue weighted by Crippen LogP contribution is -2.20. The number of rotatable bonds is 5. The fourth-order valence-electron chi connectivity index (χ4n) is 2.77. The first-order valence-electron chi connectivity index (χ1n) is 8.12. The van der Waals surface area contributed by atoms with E-state index in [4.69, 9.17) is 4.74 Å². The van der Waals surface area contributed by atoms with Crippen LogP contribution >= 0.6 is 0 Å². The number of carbonyl (C=O) groups is 2. The lowest BCUT2D eigenvalue weighted by atomic mass is 10.1. The summed E-state index contributed by atoms with van der Waals surface area (Å²) in [4.78, 5) is 23.5. The molecule has 4 nitrogen and oxygen atoms in total. The van der Waals surface area contributed by atoms with Gasteiger partial charge in [-0.3, -0.25) is 4.79 Å². The molecule has 0 fully saturated rings. The van der Waals surface area contributed by atoms with Gasteiger partial charge in [0.15, 0.2) is 6.61 Å². The minimum absolute atomic E-state index is 0.344. The molecular formula is C20H18FNO3. The van der Waals surface area contributed by atoms with E-state index in [0.29, 0.717) is 11.3 Å². The second kappa shape index (κ2) is 7.75. The summed E-state index contributed by atoms with van der Waals surface area (Å²) in [5, 5.41) is 2.73. The number of carbonyl (C=O) groups excluding carboxylic acids is 2. The molecule has 0 unspecified atom stereocenters. The van der Waals surface area contributed by atoms with Crippen molar-refractivity contribution in [1.82, 2.24) is 0 Å². The van der Waals surface area contributed by atoms with E-state index in [1.807, 2.05) is 18.2 Å². The van der Waals surface area contributed by atoms with Crippen molar-refractivity contribution in [3.63, 3.8) is 0 Å². The highest BCUT2D eigenvalue weighted by atomic mass is 19.1. The lowest BCUT2D eigenvalue weighted by molar-refractivity contribution is -0.142. The molecule has 0 bridgehead atoms. The Kier molecular flexibility index (Phi) is 5.23. The zero-order chi connectivity index (χ0) is 17.6. The highest BCUT2D eigenvalue weighted by molar-refractivity contribution is 5.94. The summed E-state index contributed by atoms with van der Waals surface area (Å²) in [6.07, 6.45) is 5.96. The van der Waals surface area contributed by atoms with Gasteiger partial charge in [0.25, 0.3) is 5.91 Å². The molecule has 3 rings (SSSR count). The van der Waals surface area contributed by atoms with Crippen molar-refractivity contribution in [1.29, 1.82) is 0 Å². The van der Waals surface area contributed by atoms with Crippen molar-refractivity contribution in [3.8, 4) is 0 Å². The first kappa shape index (κ1) is 16.9. The number of benzene rings is 2. The molecule has 0 aliphatic heterocycles. The van der Waals surface area contributed by atoms with Crippen LogP contribution in [0.4, 0.5) is 10.1 Å². The van der Waals surface area contributed by atoms with Gasteiger partial charge in [0, 0.05) is 11.8 Å². The third-order valence-corrected chi connectivity index (χ3v) is 4.01. The summed E-state index contributed by atoms with van der Waals surface area (Å²) in [6.45, 7) is -0.357. The lowest BCUT2D eigenvalue weighted by Gasteiger charge is -2.07. The van der Waals surface area contributed by atoms with Crippen LogP contribution in [0.1, 0.15) is 23.1 Å². The van der Waals surface area contributed by atoms with Gasteiger partial charge in [-0.1, -0.05) is 18.2 Å². The maximum Gasteiger partial charge on any atom is 0.331 e. The van der Waals surface area contributed by atoms with E-state index in [2.05, 4.69) is 5.32 Å². The Bertz CT molecular complexity index is 812. The summed E-state index contributed by atoms with van der Waals surface area (Å²) in [6, 6.07) is 11.5. The van der Waals surface area contributed by atoms with E-state index < -0.39 is 5.97 Å². The molecule has 128 valence electrons. The zero-order valence-electron chi connectivity index (χ0n) is 13.6. The van der Waals surface area contributed by atoms with Crippen LogP contribution in [-0.2, 0) is 27.2 Å². The van der Waals surface area contributed by atoms with E-state index in [0.717, 1.165) is 19.3 Å². The summed E-state index contributed by atoms with van der Waals surface area (Å²) < 4.78 is 17.7. The van der Waals surface area contributed by atoms with Gasteiger partial charge >= 0.3 is 5.97 Å². The van der Waals surface area contributed by atoms with Gasteiger partial charge in [-0.2, -0.15) is 0 Å². The molecule has 1 aliphatic rings. The number of anilines is 1. The summed E-state index contributed by atoms with van der Waals surface area (Å²) >= 11 is 0. The molecule has 5 heteroatoms. The second-order valence-corrected chi connectivity index (χ2v) is 5.88. The van der Waals surface area contributed by atoms with Crippen LogP contribution in [0.25, 0.3) is 6.08 Å². The number of halogens is 1. The van der Waals surface area contributed by atoms with E-state index in [1.54, 1.807) is 12.1 Å². The fourth-order valence-corrected chi connectivity index (χ4v) is 2.77. The normalized spacial score (nSPS) is 12.8. The predicted molar refractivity (Wildman–Crippen MR) is 93.5 cm³/mol. The number of nitrogens with one attached hydrogen (secondary N) is 1. The third-order valence-electron chi connectivity index (χ3n) is 4.01. The fraction of sp³-hybridized carbons (Fsp3) is 0.200. The van der Waals surface area contributed by atoms with Gasteiger partial charge in [0.1, 0.15) is 5.82 Å². The average molecular weight is 339 g/mol. The van der Waals surface area contributed by atoms with Gasteiger partial charge in [-0.05, 0) is 66.3 Å². The smallest absolute Gasteiger partial charge is 0.331 e. The number of amides is 1. The predicted octanol–water partition coefficient (Wildman–Crippen LogP) is 3.51. The van der Waals surface area contributed by atoms with Crippen LogP contribution in [0.5, 0.6) is 0 Å². The minimum atomic E-state index is -0.631. The largest absolute Gasteiger partial charge is 0.452 e. The van der Waals surface area contributed by atoms with Crippen molar-refractivity contribution in [2.45, 2.75) is 19.3 Å². The third kappa shape index (κ3) is 4.76. The van der Waals surface area contributed by atoms with Crippen LogP contribution in [0.15, 0.2) is 48.5 Å². The van der Waals surface area contributed by atoms with Crippen molar-refractivity contribution < 1.29 is 18.7 Å². The molecule has 0 atom stereocenters. The molecule has 0 saturated carbocycles. The first-order valence-corrected chi connectivity index (χ1v) is 8.12. The van der Waals surface area contributed by atoms with Gasteiger partial charge in [0.05, 0.1) is 0 Å². The Balaban J connectivity index is 1.47. The summed E-state index contributed by atoms with van der Waals surface area (Å²) in [5.41, 5.74) is 3.97. The quantitative estimate of drug-likeness (QED) is 0.670. The van der Waals surface area contributed by atoms with Crippen LogP contribution in [0.2, 0.25) is 0 Å². The molecule has 1 aliphatic carbocycles. The SMILES string of the molecule is O=C(COC(=O)/C=C/c1ccc(F)cc1)Nc1ccc2c(c1)CCC2. The van der Waals surface area contributed by atoms with E-state index >= 15 is 0 Å². The monoisotopic (exact) mass is 339 g/mol. The Hall–Kier alpha value is -2.95. The number of hydrogen-bond donors (Lipinski definition) is 1. The molecule has 0 heterocycles. The maximum absolute atomic E-state index is 12.8. The molecule has 0 aromatic heterocycles. The van der Waals surface area contributed by atoms with E-state index in [1.165, 1.54) is 35.4 Å². The van der Waals surface area contributed by atoms with Crippen LogP contribution in [-0.4, -0.2) is 18.5 Å². The summed E-state index contributed by atoms with van der Waals surface area (Å²) in [5.74, 6) is -1.36. The van der Waals surface area contributed by atoms with Gasteiger partial charge in [-0.15, -0.1) is 0 Å². The van der Waals surface area contributed by atoms with Gasteiger partial charge in [0.2, 0.25) is 0 Å². The number of ether oxygens (including phenoxy) is 1. The molecule has 0 spiro atoms. The number of aryl methyl sites for hydroxylation is 2. The topological polar surface area (TPSA) is 55.4 Å². The average Bonchev–Trinajstić information content (AvgIpc) is 3.07. The van der Waals surface area contributed by atoms with Crippen molar-refractivity contribution >= 4 is 23.6 Å². The van der Waals surface area contributed by atoms with Crippen LogP contribution in [0, 0.1) is 5.82 Å². The second-order valence-electron chi connectivity index (χ2n) is 5.88. The van der Waals surface area contributed by atoms with Gasteiger partial charge in [-0.25, -0.2) is 9.18 Å². The molecule has 1 N–H and O–H groups in total. The molecule has 2 aromatic carbocycles. The Morgan fingerprint density at radius 1 is 1.08 bits per heavy atom. The van der Waals surface area contributed by atoms with E-state index in [-0.39, 0.29) is 18.3 Å². The van der Waals surface area contributed by atoms with E-state index in [9.17, 15) is 14.0 Å². The number of fused-ring (bicyclic) bond motifs is 1. The van der Waals surface area contributed by atoms with Gasteiger partial charge < -0.3 is 10.1 Å². The standard InChI is InChI=1S/C20H18FNO3/c21-17-8-4-14(5-9-17)6-11-20(24)25-13-19(23)22-18-10-7-15-2-1-3-16(15)12-18/h4-12H,1-3,13H2,(H,22,23)/b11-6+. The maximum atomic E-state index is 12.8. The van der Waals surface area contributed by atoms with Crippen molar-refractivity contribution in [3.05, 3.63) is 71.0 Å². The highest BCUT2D eigenvalue weighted by Crippen LogP contribution is 2.24. The molecule has 2 aromatic rings. The van der Waals surface area contributed by atoms with Crippen LogP contribution < -0.4 is 5.32 Å². The Morgan fingerprint density at radius 2 is 1.84 bits per heavy atom. The molecular weight excluding hydrogens is 321 g/mol. The highest BCUT2D eigenvalue weighted by Gasteiger charge is 2.12. The first-order chi connectivity index (χ1) is 12.1. The Labute approximate surface area is 145 Å². The Morgan fingerprint density at radius 3 is 2.64 bits per heavy atom.